The summed E-state index contributed by atoms with van der Waals surface area (Å²) in [5.74, 6) is 0.435. The van der Waals surface area contributed by atoms with E-state index in [1.807, 2.05) is 0 Å². The molecule has 63 valence electrons. The maximum atomic E-state index is 5.47. The maximum absolute atomic E-state index is 5.47. The molecule has 1 radical (unpaired) electrons. The lowest BCUT2D eigenvalue weighted by molar-refractivity contribution is 0.367. The minimum atomic E-state index is 0.199. The molecule has 11 heavy (non-hydrogen) atoms. The van der Waals surface area contributed by atoms with Crippen LogP contribution in [0, 0.1) is 17.9 Å². The van der Waals surface area contributed by atoms with Crippen molar-refractivity contribution in [3.63, 3.8) is 0 Å². The third kappa shape index (κ3) is 3.41. The normalized spacial score (nSPS) is 15.3. The quantitative estimate of drug-likeness (QED) is 0.538. The van der Waals surface area contributed by atoms with Crippen molar-refractivity contribution in [1.29, 1.82) is 0 Å². The van der Waals surface area contributed by atoms with E-state index in [9.17, 15) is 0 Å². The van der Waals surface area contributed by atoms with E-state index in [-0.39, 0.29) is 5.41 Å². The second-order valence-electron chi connectivity index (χ2n) is 3.61. The molecule has 0 aliphatic heterocycles. The van der Waals surface area contributed by atoms with E-state index in [2.05, 4.69) is 39.8 Å². The molecular formula is C11H19. The van der Waals surface area contributed by atoms with Crippen LogP contribution in [0.3, 0.4) is 0 Å². The van der Waals surface area contributed by atoms with Gasteiger partial charge in [-0.05, 0) is 17.8 Å². The Balaban J connectivity index is 4.19. The molecule has 0 rings (SSSR count). The van der Waals surface area contributed by atoms with Crippen LogP contribution >= 0.6 is 0 Å². The van der Waals surface area contributed by atoms with Crippen LogP contribution in [0.25, 0.3) is 0 Å². The van der Waals surface area contributed by atoms with Crippen molar-refractivity contribution < 1.29 is 0 Å². The van der Waals surface area contributed by atoms with Crippen LogP contribution in [-0.4, -0.2) is 0 Å². The molecule has 0 aromatic carbocycles. The summed E-state index contributed by atoms with van der Waals surface area (Å²) in [7, 11) is 0. The SMILES string of the molecule is [CH]=CC(C)C(C)(C)/C=C\CC. The molecular weight excluding hydrogens is 132 g/mol. The minimum Gasteiger partial charge on any atom is -0.0883 e. The van der Waals surface area contributed by atoms with Gasteiger partial charge in [0.15, 0.2) is 0 Å². The summed E-state index contributed by atoms with van der Waals surface area (Å²) in [5.41, 5.74) is 0.199. The van der Waals surface area contributed by atoms with E-state index in [4.69, 9.17) is 6.58 Å². The van der Waals surface area contributed by atoms with Crippen molar-refractivity contribution in [2.45, 2.75) is 34.1 Å². The number of hydrogen-bond donors (Lipinski definition) is 0. The molecule has 0 nitrogen and oxygen atoms in total. The summed E-state index contributed by atoms with van der Waals surface area (Å²) in [4.78, 5) is 0. The second kappa shape index (κ2) is 4.38. The third-order valence-corrected chi connectivity index (χ3v) is 2.25. The average Bonchev–Trinajstić information content (AvgIpc) is 1.99. The van der Waals surface area contributed by atoms with E-state index in [0.29, 0.717) is 5.92 Å². The molecule has 0 aromatic rings. The Kier molecular flexibility index (Phi) is 4.17. The summed E-state index contributed by atoms with van der Waals surface area (Å²) in [6.07, 6.45) is 7.29. The first-order valence-corrected chi connectivity index (χ1v) is 4.27. The van der Waals surface area contributed by atoms with Crippen LogP contribution in [0.5, 0.6) is 0 Å². The zero-order valence-corrected chi connectivity index (χ0v) is 8.09. The summed E-state index contributed by atoms with van der Waals surface area (Å²) in [6, 6.07) is 0. The Morgan fingerprint density at radius 1 is 1.45 bits per heavy atom. The smallest absolute Gasteiger partial charge is 0.0115 e. The van der Waals surface area contributed by atoms with Gasteiger partial charge in [-0.25, -0.2) is 0 Å². The molecule has 0 aliphatic carbocycles. The topological polar surface area (TPSA) is 0 Å². The average molecular weight is 151 g/mol. The Morgan fingerprint density at radius 2 is 2.00 bits per heavy atom. The fourth-order valence-corrected chi connectivity index (χ4v) is 0.821. The molecule has 0 fully saturated rings. The Morgan fingerprint density at radius 3 is 2.36 bits per heavy atom. The highest BCUT2D eigenvalue weighted by molar-refractivity contribution is 5.00. The van der Waals surface area contributed by atoms with Gasteiger partial charge in [0, 0.05) is 0 Å². The molecule has 0 heteroatoms. The predicted octanol–water partition coefficient (Wildman–Crippen LogP) is 3.60. The summed E-state index contributed by atoms with van der Waals surface area (Å²) in [5, 5.41) is 0. The largest absolute Gasteiger partial charge is 0.0883 e. The lowest BCUT2D eigenvalue weighted by Crippen LogP contribution is -2.16. The van der Waals surface area contributed by atoms with Gasteiger partial charge >= 0.3 is 0 Å². The molecule has 0 aromatic heterocycles. The van der Waals surface area contributed by atoms with Crippen LogP contribution in [0.15, 0.2) is 18.2 Å². The lowest BCUT2D eigenvalue weighted by Gasteiger charge is -2.25. The minimum absolute atomic E-state index is 0.199. The molecule has 1 atom stereocenters. The van der Waals surface area contributed by atoms with Crippen LogP contribution in [-0.2, 0) is 0 Å². The van der Waals surface area contributed by atoms with Gasteiger partial charge in [-0.2, -0.15) is 0 Å². The van der Waals surface area contributed by atoms with E-state index in [1.165, 1.54) is 0 Å². The van der Waals surface area contributed by atoms with Gasteiger partial charge in [-0.15, -0.1) is 0 Å². The van der Waals surface area contributed by atoms with Gasteiger partial charge in [0.1, 0.15) is 0 Å². The van der Waals surface area contributed by atoms with Gasteiger partial charge in [-0.1, -0.05) is 52.5 Å². The fourth-order valence-electron chi connectivity index (χ4n) is 0.821. The first kappa shape index (κ1) is 10.5. The van der Waals surface area contributed by atoms with Crippen molar-refractivity contribution in [3.05, 3.63) is 24.8 Å². The molecule has 0 saturated carbocycles. The first-order valence-electron chi connectivity index (χ1n) is 4.27. The number of rotatable bonds is 4. The summed E-state index contributed by atoms with van der Waals surface area (Å²) in [6.45, 7) is 14.2. The summed E-state index contributed by atoms with van der Waals surface area (Å²) < 4.78 is 0. The predicted molar refractivity (Wildman–Crippen MR) is 51.2 cm³/mol. The Hall–Kier alpha value is -0.520. The molecule has 0 saturated heterocycles. The fraction of sp³-hybridized carbons (Fsp3) is 0.636. The molecule has 0 bridgehead atoms. The lowest BCUT2D eigenvalue weighted by atomic mass is 9.80. The van der Waals surface area contributed by atoms with Crippen molar-refractivity contribution in [2.75, 3.05) is 0 Å². The molecule has 0 amide bonds. The van der Waals surface area contributed by atoms with Gasteiger partial charge in [0.25, 0.3) is 0 Å². The van der Waals surface area contributed by atoms with Gasteiger partial charge in [0.2, 0.25) is 0 Å². The second-order valence-corrected chi connectivity index (χ2v) is 3.61. The maximum Gasteiger partial charge on any atom is -0.0115 e. The van der Waals surface area contributed by atoms with E-state index in [0.717, 1.165) is 6.42 Å². The summed E-state index contributed by atoms with van der Waals surface area (Å²) >= 11 is 0. The van der Waals surface area contributed by atoms with Crippen LogP contribution in [0.2, 0.25) is 0 Å². The van der Waals surface area contributed by atoms with Crippen LogP contribution < -0.4 is 0 Å². The van der Waals surface area contributed by atoms with Crippen molar-refractivity contribution in [1.82, 2.24) is 0 Å². The molecule has 1 unspecified atom stereocenters. The van der Waals surface area contributed by atoms with E-state index >= 15 is 0 Å². The monoisotopic (exact) mass is 151 g/mol. The van der Waals surface area contributed by atoms with E-state index < -0.39 is 0 Å². The standard InChI is InChI=1S/C11H19/c1-6-8-9-11(4,5)10(3)7-2/h2,7-10H,6H2,1,3-5H3/b7-2?,9-8-. The van der Waals surface area contributed by atoms with Gasteiger partial charge in [0.05, 0.1) is 0 Å². The van der Waals surface area contributed by atoms with Crippen molar-refractivity contribution in [2.24, 2.45) is 11.3 Å². The first-order chi connectivity index (χ1) is 5.04. The Bertz CT molecular complexity index is 140. The molecule has 0 N–H and O–H groups in total. The van der Waals surface area contributed by atoms with E-state index in [1.54, 1.807) is 6.08 Å². The Labute approximate surface area is 71.0 Å². The molecule has 0 heterocycles. The third-order valence-electron chi connectivity index (χ3n) is 2.25. The van der Waals surface area contributed by atoms with Gasteiger partial charge < -0.3 is 0 Å². The zero-order chi connectivity index (χ0) is 8.91. The van der Waals surface area contributed by atoms with Crippen molar-refractivity contribution >= 4 is 0 Å². The molecule has 0 aliphatic rings. The van der Waals surface area contributed by atoms with Crippen LogP contribution in [0.4, 0.5) is 0 Å². The highest BCUT2D eigenvalue weighted by Crippen LogP contribution is 2.28. The highest BCUT2D eigenvalue weighted by atomic mass is 14.2. The number of allylic oxidation sites excluding steroid dienone is 3. The van der Waals surface area contributed by atoms with Gasteiger partial charge in [-0.3, -0.25) is 0 Å². The zero-order valence-electron chi connectivity index (χ0n) is 8.09. The number of hydrogen-bond acceptors (Lipinski definition) is 0. The highest BCUT2D eigenvalue weighted by Gasteiger charge is 2.19. The molecule has 0 spiro atoms. The van der Waals surface area contributed by atoms with Crippen LogP contribution in [0.1, 0.15) is 34.1 Å². The van der Waals surface area contributed by atoms with Crippen molar-refractivity contribution in [3.8, 4) is 0 Å².